The number of hydrogen-bond acceptors (Lipinski definition) is 3. The van der Waals surface area contributed by atoms with Crippen LogP contribution < -0.4 is 10.6 Å². The molecule has 1 aliphatic rings. The van der Waals surface area contributed by atoms with Crippen molar-refractivity contribution in [2.75, 3.05) is 11.9 Å². The number of nitrogens with one attached hydrogen (secondary N) is 2. The average molecular weight is 398 g/mol. The quantitative estimate of drug-likeness (QED) is 0.506. The smallest absolute Gasteiger partial charge is 0.0737 e. The van der Waals surface area contributed by atoms with Gasteiger partial charge in [0, 0.05) is 39.9 Å². The summed E-state index contributed by atoms with van der Waals surface area (Å²) in [6, 6.07) is 7.94. The predicted octanol–water partition coefficient (Wildman–Crippen LogP) is 6.50. The molecule has 0 aliphatic heterocycles. The van der Waals surface area contributed by atoms with E-state index in [-0.39, 0.29) is 11.1 Å². The molecule has 1 aromatic heterocycles. The van der Waals surface area contributed by atoms with Gasteiger partial charge in [-0.1, -0.05) is 36.8 Å². The molecule has 1 unspecified atom stereocenters. The standard InChI is InChI=1S/C24H32ClN3/c1-5-24(4,27-17-18-8-6-7-9-18)14-13-23(2,3)28-21-12-15-26-22-16-19(25)10-11-20(21)22/h6,8-12,15-16,27H,5,7,13-14,17H2,1-4H3,(H,26,28). The van der Waals surface area contributed by atoms with Crippen molar-refractivity contribution < 1.29 is 0 Å². The van der Waals surface area contributed by atoms with Crippen LogP contribution in [-0.2, 0) is 0 Å². The van der Waals surface area contributed by atoms with Gasteiger partial charge >= 0.3 is 0 Å². The first-order chi connectivity index (χ1) is 13.3. The zero-order chi connectivity index (χ0) is 20.2. The van der Waals surface area contributed by atoms with Crippen LogP contribution in [0.15, 0.2) is 54.3 Å². The molecule has 1 aromatic carbocycles. The second kappa shape index (κ2) is 8.67. The number of nitrogens with zero attached hydrogens (tertiary/aromatic N) is 1. The zero-order valence-electron chi connectivity index (χ0n) is 17.5. The van der Waals surface area contributed by atoms with Gasteiger partial charge in [-0.3, -0.25) is 4.98 Å². The van der Waals surface area contributed by atoms with Crippen LogP contribution in [0.1, 0.15) is 53.4 Å². The number of pyridine rings is 1. The Labute approximate surface area is 174 Å². The average Bonchev–Trinajstić information content (AvgIpc) is 3.18. The molecule has 0 saturated heterocycles. The lowest BCUT2D eigenvalue weighted by atomic mass is 9.86. The van der Waals surface area contributed by atoms with Crippen molar-refractivity contribution in [1.29, 1.82) is 0 Å². The van der Waals surface area contributed by atoms with Gasteiger partial charge in [-0.25, -0.2) is 0 Å². The normalized spacial score (nSPS) is 16.2. The highest BCUT2D eigenvalue weighted by molar-refractivity contribution is 6.31. The van der Waals surface area contributed by atoms with Gasteiger partial charge in [0.15, 0.2) is 0 Å². The summed E-state index contributed by atoms with van der Waals surface area (Å²) in [6.07, 6.45) is 13.0. The van der Waals surface area contributed by atoms with Crippen LogP contribution in [0.4, 0.5) is 5.69 Å². The molecule has 150 valence electrons. The zero-order valence-corrected chi connectivity index (χ0v) is 18.2. The van der Waals surface area contributed by atoms with Crippen LogP contribution >= 0.6 is 11.6 Å². The molecule has 4 heteroatoms. The molecule has 0 spiro atoms. The molecule has 0 bridgehead atoms. The summed E-state index contributed by atoms with van der Waals surface area (Å²) < 4.78 is 0. The number of benzene rings is 1. The fraction of sp³-hybridized carbons (Fsp3) is 0.458. The van der Waals surface area contributed by atoms with Crippen molar-refractivity contribution in [3.63, 3.8) is 0 Å². The van der Waals surface area contributed by atoms with E-state index in [2.05, 4.69) is 61.5 Å². The number of anilines is 1. The summed E-state index contributed by atoms with van der Waals surface area (Å²) in [5, 5.41) is 9.35. The van der Waals surface area contributed by atoms with E-state index in [4.69, 9.17) is 11.6 Å². The number of halogens is 1. The van der Waals surface area contributed by atoms with E-state index in [1.165, 1.54) is 5.57 Å². The van der Waals surface area contributed by atoms with Crippen molar-refractivity contribution in [1.82, 2.24) is 10.3 Å². The SMILES string of the molecule is CCC(C)(CCC(C)(C)Nc1ccnc2cc(Cl)ccc12)NCC1=CCC=C1. The molecule has 0 amide bonds. The van der Waals surface area contributed by atoms with Crippen LogP contribution in [-0.4, -0.2) is 22.6 Å². The van der Waals surface area contributed by atoms with Gasteiger partial charge in [0.25, 0.3) is 0 Å². The predicted molar refractivity (Wildman–Crippen MR) is 122 cm³/mol. The first kappa shape index (κ1) is 20.9. The molecule has 1 heterocycles. The Morgan fingerprint density at radius 2 is 1.96 bits per heavy atom. The molecule has 3 nitrogen and oxygen atoms in total. The molecule has 1 atom stereocenters. The number of hydrogen-bond donors (Lipinski definition) is 2. The van der Waals surface area contributed by atoms with Crippen LogP contribution in [0.2, 0.25) is 5.02 Å². The van der Waals surface area contributed by atoms with Crippen LogP contribution in [0.3, 0.4) is 0 Å². The van der Waals surface area contributed by atoms with Gasteiger partial charge in [0.2, 0.25) is 0 Å². The van der Waals surface area contributed by atoms with Crippen molar-refractivity contribution >= 4 is 28.2 Å². The third kappa shape index (κ3) is 5.36. The summed E-state index contributed by atoms with van der Waals surface area (Å²) in [6.45, 7) is 10.1. The highest BCUT2D eigenvalue weighted by atomic mass is 35.5. The fourth-order valence-electron chi connectivity index (χ4n) is 3.59. The number of aromatic nitrogens is 1. The summed E-state index contributed by atoms with van der Waals surface area (Å²) >= 11 is 6.12. The van der Waals surface area contributed by atoms with Crippen LogP contribution in [0.5, 0.6) is 0 Å². The lowest BCUT2D eigenvalue weighted by Crippen LogP contribution is -2.45. The molecule has 28 heavy (non-hydrogen) atoms. The Morgan fingerprint density at radius 3 is 2.68 bits per heavy atom. The second-order valence-corrected chi connectivity index (χ2v) is 9.15. The monoisotopic (exact) mass is 397 g/mol. The van der Waals surface area contributed by atoms with E-state index in [1.807, 2.05) is 30.5 Å². The summed E-state index contributed by atoms with van der Waals surface area (Å²) in [7, 11) is 0. The minimum absolute atomic E-state index is 0.0292. The van der Waals surface area contributed by atoms with Crippen molar-refractivity contribution in [3.8, 4) is 0 Å². The molecule has 0 fully saturated rings. The Morgan fingerprint density at radius 1 is 1.14 bits per heavy atom. The van der Waals surface area contributed by atoms with Gasteiger partial charge in [0.1, 0.15) is 0 Å². The highest BCUT2D eigenvalue weighted by Crippen LogP contribution is 2.30. The molecular formula is C24H32ClN3. The van der Waals surface area contributed by atoms with Gasteiger partial charge in [0.05, 0.1) is 5.52 Å². The van der Waals surface area contributed by atoms with E-state index in [0.717, 1.165) is 48.8 Å². The molecule has 1 aliphatic carbocycles. The molecule has 2 N–H and O–H groups in total. The maximum Gasteiger partial charge on any atom is 0.0737 e. The number of allylic oxidation sites excluding steroid dienone is 2. The van der Waals surface area contributed by atoms with Crippen molar-refractivity contribution in [2.24, 2.45) is 0 Å². The third-order valence-corrected chi connectivity index (χ3v) is 6.06. The largest absolute Gasteiger partial charge is 0.380 e. The topological polar surface area (TPSA) is 37.0 Å². The van der Waals surface area contributed by atoms with Gasteiger partial charge in [-0.2, -0.15) is 0 Å². The Kier molecular flexibility index (Phi) is 6.47. The lowest BCUT2D eigenvalue weighted by molar-refractivity contribution is 0.298. The van der Waals surface area contributed by atoms with Gasteiger partial charge < -0.3 is 10.6 Å². The Balaban J connectivity index is 1.65. The van der Waals surface area contributed by atoms with Crippen LogP contribution in [0.25, 0.3) is 10.9 Å². The molecule has 3 rings (SSSR count). The third-order valence-electron chi connectivity index (χ3n) is 5.83. The maximum absolute atomic E-state index is 6.12. The van der Waals surface area contributed by atoms with Crippen molar-refractivity contribution in [3.05, 3.63) is 59.3 Å². The Hall–Kier alpha value is -1.84. The molecule has 0 radical (unpaired) electrons. The maximum atomic E-state index is 6.12. The first-order valence-corrected chi connectivity index (χ1v) is 10.6. The summed E-state index contributed by atoms with van der Waals surface area (Å²) in [5.41, 5.74) is 3.53. The fourth-order valence-corrected chi connectivity index (χ4v) is 3.76. The summed E-state index contributed by atoms with van der Waals surface area (Å²) in [5.74, 6) is 0. The van der Waals surface area contributed by atoms with Gasteiger partial charge in [-0.15, -0.1) is 0 Å². The second-order valence-electron chi connectivity index (χ2n) is 8.71. The molecule has 0 saturated carbocycles. The minimum Gasteiger partial charge on any atom is -0.380 e. The summed E-state index contributed by atoms with van der Waals surface area (Å²) in [4.78, 5) is 4.45. The van der Waals surface area contributed by atoms with E-state index in [0.29, 0.717) is 5.02 Å². The number of rotatable bonds is 9. The van der Waals surface area contributed by atoms with Crippen molar-refractivity contribution in [2.45, 2.75) is 64.5 Å². The van der Waals surface area contributed by atoms with E-state index >= 15 is 0 Å². The van der Waals surface area contributed by atoms with E-state index in [9.17, 15) is 0 Å². The minimum atomic E-state index is -0.0292. The van der Waals surface area contributed by atoms with E-state index in [1.54, 1.807) is 0 Å². The van der Waals surface area contributed by atoms with E-state index < -0.39 is 0 Å². The first-order valence-electron chi connectivity index (χ1n) is 10.2. The lowest BCUT2D eigenvalue weighted by Gasteiger charge is -2.35. The Bertz CT molecular complexity index is 885. The molecule has 2 aromatic rings. The van der Waals surface area contributed by atoms with Crippen LogP contribution in [0, 0.1) is 0 Å². The van der Waals surface area contributed by atoms with Gasteiger partial charge in [-0.05, 0) is 76.3 Å². The number of fused-ring (bicyclic) bond motifs is 1. The highest BCUT2D eigenvalue weighted by Gasteiger charge is 2.27. The molecular weight excluding hydrogens is 366 g/mol.